The van der Waals surface area contributed by atoms with Crippen molar-refractivity contribution in [3.05, 3.63) is 53.9 Å². The molecular formula is C17H20N4O2. The van der Waals surface area contributed by atoms with E-state index in [4.69, 9.17) is 0 Å². The van der Waals surface area contributed by atoms with Gasteiger partial charge in [-0.3, -0.25) is 14.3 Å². The van der Waals surface area contributed by atoms with E-state index < -0.39 is 0 Å². The molecule has 1 fully saturated rings. The molecule has 0 aliphatic carbocycles. The van der Waals surface area contributed by atoms with E-state index in [1.165, 1.54) is 0 Å². The molecule has 1 N–H and O–H groups in total. The summed E-state index contributed by atoms with van der Waals surface area (Å²) in [5, 5.41) is 7.02. The maximum absolute atomic E-state index is 12.4. The lowest BCUT2D eigenvalue weighted by Crippen LogP contribution is -2.46. The van der Waals surface area contributed by atoms with Crippen molar-refractivity contribution < 1.29 is 9.59 Å². The molecule has 2 heterocycles. The van der Waals surface area contributed by atoms with Crippen molar-refractivity contribution in [1.82, 2.24) is 20.0 Å². The van der Waals surface area contributed by atoms with Gasteiger partial charge in [0.25, 0.3) is 11.8 Å². The van der Waals surface area contributed by atoms with Crippen LogP contribution in [0.15, 0.2) is 42.7 Å². The van der Waals surface area contributed by atoms with Crippen molar-refractivity contribution >= 4 is 11.8 Å². The van der Waals surface area contributed by atoms with E-state index in [1.807, 2.05) is 35.2 Å². The van der Waals surface area contributed by atoms with Crippen molar-refractivity contribution in [3.8, 4) is 0 Å². The average molecular weight is 312 g/mol. The molecule has 1 aromatic heterocycles. The molecule has 6 nitrogen and oxygen atoms in total. The van der Waals surface area contributed by atoms with E-state index in [-0.39, 0.29) is 17.9 Å². The van der Waals surface area contributed by atoms with Crippen LogP contribution in [-0.2, 0) is 7.05 Å². The molecule has 23 heavy (non-hydrogen) atoms. The number of hydrogen-bond acceptors (Lipinski definition) is 3. The molecule has 0 unspecified atom stereocenters. The second-order valence-corrected chi connectivity index (χ2v) is 5.81. The highest BCUT2D eigenvalue weighted by molar-refractivity contribution is 5.95. The van der Waals surface area contributed by atoms with Crippen LogP contribution in [0.2, 0.25) is 0 Å². The lowest BCUT2D eigenvalue weighted by molar-refractivity contribution is 0.0698. The van der Waals surface area contributed by atoms with Gasteiger partial charge in [-0.05, 0) is 25.0 Å². The van der Waals surface area contributed by atoms with Gasteiger partial charge in [-0.1, -0.05) is 18.2 Å². The molecule has 3 rings (SSSR count). The Balaban J connectivity index is 1.52. The van der Waals surface area contributed by atoms with E-state index in [0.717, 1.165) is 12.8 Å². The van der Waals surface area contributed by atoms with Crippen LogP contribution >= 0.6 is 0 Å². The van der Waals surface area contributed by atoms with Crippen molar-refractivity contribution in [2.45, 2.75) is 18.9 Å². The van der Waals surface area contributed by atoms with Crippen LogP contribution in [0.25, 0.3) is 0 Å². The Morgan fingerprint density at radius 2 is 1.83 bits per heavy atom. The number of rotatable bonds is 3. The smallest absolute Gasteiger partial charge is 0.254 e. The van der Waals surface area contributed by atoms with E-state index >= 15 is 0 Å². The van der Waals surface area contributed by atoms with Gasteiger partial charge in [0.05, 0.1) is 11.8 Å². The van der Waals surface area contributed by atoms with Gasteiger partial charge in [0.2, 0.25) is 0 Å². The van der Waals surface area contributed by atoms with Gasteiger partial charge < -0.3 is 10.2 Å². The highest BCUT2D eigenvalue weighted by Gasteiger charge is 2.25. The second-order valence-electron chi connectivity index (χ2n) is 5.81. The van der Waals surface area contributed by atoms with Gasteiger partial charge >= 0.3 is 0 Å². The fraction of sp³-hybridized carbons (Fsp3) is 0.353. The molecule has 0 saturated carbocycles. The largest absolute Gasteiger partial charge is 0.349 e. The molecule has 6 heteroatoms. The van der Waals surface area contributed by atoms with E-state index in [2.05, 4.69) is 10.4 Å². The number of likely N-dealkylation sites (tertiary alicyclic amines) is 1. The van der Waals surface area contributed by atoms with E-state index in [1.54, 1.807) is 24.1 Å². The zero-order valence-electron chi connectivity index (χ0n) is 13.1. The van der Waals surface area contributed by atoms with Crippen LogP contribution in [-0.4, -0.2) is 45.6 Å². The van der Waals surface area contributed by atoms with Gasteiger partial charge in [0.15, 0.2) is 0 Å². The van der Waals surface area contributed by atoms with Crippen molar-refractivity contribution in [3.63, 3.8) is 0 Å². The van der Waals surface area contributed by atoms with Gasteiger partial charge in [0.1, 0.15) is 0 Å². The molecule has 2 amide bonds. The Kier molecular flexibility index (Phi) is 4.41. The SMILES string of the molecule is Cn1cc(C(=O)NC2CCN(C(=O)c3ccccc3)CC2)cn1. The lowest BCUT2D eigenvalue weighted by atomic mass is 10.0. The van der Waals surface area contributed by atoms with Gasteiger partial charge in [-0.25, -0.2) is 0 Å². The van der Waals surface area contributed by atoms with Crippen molar-refractivity contribution in [1.29, 1.82) is 0 Å². The zero-order chi connectivity index (χ0) is 16.2. The Labute approximate surface area is 135 Å². The van der Waals surface area contributed by atoms with Crippen LogP contribution in [0.1, 0.15) is 33.6 Å². The topological polar surface area (TPSA) is 67.2 Å². The highest BCUT2D eigenvalue weighted by Crippen LogP contribution is 2.14. The first-order valence-electron chi connectivity index (χ1n) is 7.77. The maximum atomic E-state index is 12.4. The first kappa shape index (κ1) is 15.3. The summed E-state index contributed by atoms with van der Waals surface area (Å²) in [6.45, 7) is 1.32. The highest BCUT2D eigenvalue weighted by atomic mass is 16.2. The molecule has 0 radical (unpaired) electrons. The Morgan fingerprint density at radius 1 is 1.13 bits per heavy atom. The van der Waals surface area contributed by atoms with E-state index in [9.17, 15) is 9.59 Å². The monoisotopic (exact) mass is 312 g/mol. The summed E-state index contributed by atoms with van der Waals surface area (Å²) >= 11 is 0. The minimum Gasteiger partial charge on any atom is -0.349 e. The standard InChI is InChI=1S/C17H20N4O2/c1-20-12-14(11-18-20)16(22)19-15-7-9-21(10-8-15)17(23)13-5-3-2-4-6-13/h2-6,11-12,15H,7-10H2,1H3,(H,19,22). The first-order chi connectivity index (χ1) is 11.1. The third-order valence-corrected chi connectivity index (χ3v) is 4.11. The van der Waals surface area contributed by atoms with Crippen LogP contribution < -0.4 is 5.32 Å². The molecule has 2 aromatic rings. The number of nitrogens with zero attached hydrogens (tertiary/aromatic N) is 3. The quantitative estimate of drug-likeness (QED) is 0.933. The Morgan fingerprint density at radius 3 is 2.43 bits per heavy atom. The molecular weight excluding hydrogens is 292 g/mol. The summed E-state index contributed by atoms with van der Waals surface area (Å²) in [5.74, 6) is -0.0476. The molecule has 120 valence electrons. The summed E-state index contributed by atoms with van der Waals surface area (Å²) in [6, 6.07) is 9.40. The Bertz CT molecular complexity index is 688. The number of carbonyl (C=O) groups is 2. The number of amides is 2. The Hall–Kier alpha value is -2.63. The number of benzene rings is 1. The number of carbonyl (C=O) groups excluding carboxylic acids is 2. The maximum Gasteiger partial charge on any atom is 0.254 e. The zero-order valence-corrected chi connectivity index (χ0v) is 13.1. The predicted molar refractivity (Wildman–Crippen MR) is 86.0 cm³/mol. The summed E-state index contributed by atoms with van der Waals surface area (Å²) in [4.78, 5) is 26.3. The molecule has 0 atom stereocenters. The number of aromatic nitrogens is 2. The lowest BCUT2D eigenvalue weighted by Gasteiger charge is -2.32. The predicted octanol–water partition coefficient (Wildman–Crippen LogP) is 1.45. The molecule has 0 bridgehead atoms. The number of piperidine rings is 1. The van der Waals surface area contributed by atoms with Crippen LogP contribution in [0.4, 0.5) is 0 Å². The number of aryl methyl sites for hydroxylation is 1. The third-order valence-electron chi connectivity index (χ3n) is 4.11. The summed E-state index contributed by atoms with van der Waals surface area (Å²) in [7, 11) is 1.78. The second kappa shape index (κ2) is 6.64. The van der Waals surface area contributed by atoms with Gasteiger partial charge in [-0.2, -0.15) is 5.10 Å². The number of hydrogen-bond donors (Lipinski definition) is 1. The normalized spacial score (nSPS) is 15.4. The van der Waals surface area contributed by atoms with Crippen molar-refractivity contribution in [2.24, 2.45) is 7.05 Å². The summed E-state index contributed by atoms with van der Waals surface area (Å²) in [6.07, 6.45) is 4.79. The fourth-order valence-electron chi connectivity index (χ4n) is 2.80. The van der Waals surface area contributed by atoms with Crippen LogP contribution in [0.3, 0.4) is 0 Å². The molecule has 1 aliphatic rings. The third kappa shape index (κ3) is 3.59. The van der Waals surface area contributed by atoms with Crippen molar-refractivity contribution in [2.75, 3.05) is 13.1 Å². The minimum absolute atomic E-state index is 0.0580. The van der Waals surface area contributed by atoms with Gasteiger partial charge in [-0.15, -0.1) is 0 Å². The van der Waals surface area contributed by atoms with E-state index in [0.29, 0.717) is 24.2 Å². The molecule has 1 aromatic carbocycles. The van der Waals surface area contributed by atoms with Gasteiger partial charge in [0, 0.05) is 37.9 Å². The summed E-state index contributed by atoms with van der Waals surface area (Å²) in [5.41, 5.74) is 1.28. The minimum atomic E-state index is -0.106. The molecule has 0 spiro atoms. The first-order valence-corrected chi connectivity index (χ1v) is 7.77. The van der Waals surface area contributed by atoms with Crippen LogP contribution in [0, 0.1) is 0 Å². The number of nitrogens with one attached hydrogen (secondary N) is 1. The fourth-order valence-corrected chi connectivity index (χ4v) is 2.80. The molecule has 1 saturated heterocycles. The molecule has 1 aliphatic heterocycles. The average Bonchev–Trinajstić information content (AvgIpc) is 3.02. The van der Waals surface area contributed by atoms with Crippen LogP contribution in [0.5, 0.6) is 0 Å². The summed E-state index contributed by atoms with van der Waals surface area (Å²) < 4.78 is 1.61.